The van der Waals surface area contributed by atoms with Crippen LogP contribution in [0.1, 0.15) is 55.0 Å². The van der Waals surface area contributed by atoms with Crippen molar-refractivity contribution in [3.63, 3.8) is 0 Å². The molecular formula is C17H22N4O2. The first kappa shape index (κ1) is 15.5. The molecule has 1 aliphatic heterocycles. The number of hydrogen-bond donors (Lipinski definition) is 1. The first-order valence-corrected chi connectivity index (χ1v) is 8.04. The highest BCUT2D eigenvalue weighted by Crippen LogP contribution is 2.29. The summed E-state index contributed by atoms with van der Waals surface area (Å²) in [6, 6.07) is 5.55. The highest BCUT2D eigenvalue weighted by Gasteiger charge is 2.26. The van der Waals surface area contributed by atoms with Gasteiger partial charge in [-0.25, -0.2) is 14.8 Å². The zero-order chi connectivity index (χ0) is 16.4. The summed E-state index contributed by atoms with van der Waals surface area (Å²) in [7, 11) is 0. The molecule has 1 saturated heterocycles. The van der Waals surface area contributed by atoms with Gasteiger partial charge in [0.25, 0.3) is 0 Å². The van der Waals surface area contributed by atoms with Gasteiger partial charge in [0, 0.05) is 37.4 Å². The molecule has 1 aliphatic rings. The fourth-order valence-corrected chi connectivity index (χ4v) is 3.19. The third kappa shape index (κ3) is 3.21. The van der Waals surface area contributed by atoms with Crippen LogP contribution in [0.5, 0.6) is 0 Å². The number of carbonyl (C=O) groups is 1. The maximum Gasteiger partial charge on any atom is 0.354 e. The Hall–Kier alpha value is -2.37. The van der Waals surface area contributed by atoms with Gasteiger partial charge in [0.1, 0.15) is 11.6 Å². The van der Waals surface area contributed by atoms with Gasteiger partial charge in [-0.2, -0.15) is 0 Å². The van der Waals surface area contributed by atoms with E-state index in [4.69, 9.17) is 5.11 Å². The zero-order valence-corrected chi connectivity index (χ0v) is 13.5. The summed E-state index contributed by atoms with van der Waals surface area (Å²) in [5.41, 5.74) is 0.0910. The summed E-state index contributed by atoms with van der Waals surface area (Å²) in [5.74, 6) is 1.20. The highest BCUT2D eigenvalue weighted by atomic mass is 16.4. The van der Waals surface area contributed by atoms with Crippen LogP contribution in [-0.4, -0.2) is 38.7 Å². The lowest BCUT2D eigenvalue weighted by Gasteiger charge is -2.34. The summed E-state index contributed by atoms with van der Waals surface area (Å²) < 4.78 is 2.22. The number of pyridine rings is 1. The number of anilines is 1. The molecule has 23 heavy (non-hydrogen) atoms. The molecule has 0 bridgehead atoms. The van der Waals surface area contributed by atoms with E-state index >= 15 is 0 Å². The van der Waals surface area contributed by atoms with Gasteiger partial charge in [-0.05, 0) is 38.8 Å². The minimum absolute atomic E-state index is 0.0910. The second kappa shape index (κ2) is 6.40. The van der Waals surface area contributed by atoms with E-state index < -0.39 is 5.97 Å². The second-order valence-electron chi connectivity index (χ2n) is 6.26. The summed E-state index contributed by atoms with van der Waals surface area (Å²) in [6.07, 6.45) is 6.04. The Morgan fingerprint density at radius 3 is 2.96 bits per heavy atom. The molecule has 1 fully saturated rings. The van der Waals surface area contributed by atoms with E-state index in [1.165, 1.54) is 6.07 Å². The van der Waals surface area contributed by atoms with Gasteiger partial charge in [0.2, 0.25) is 0 Å². The van der Waals surface area contributed by atoms with Crippen LogP contribution in [0.3, 0.4) is 0 Å². The van der Waals surface area contributed by atoms with Crippen molar-refractivity contribution in [3.8, 4) is 0 Å². The number of hydrogen-bond acceptors (Lipinski definition) is 4. The Kier molecular flexibility index (Phi) is 4.32. The van der Waals surface area contributed by atoms with Crippen LogP contribution in [0.2, 0.25) is 0 Å². The van der Waals surface area contributed by atoms with E-state index in [0.717, 1.165) is 37.6 Å². The molecule has 0 aliphatic carbocycles. The van der Waals surface area contributed by atoms with Crippen LogP contribution in [0, 0.1) is 0 Å². The van der Waals surface area contributed by atoms with Crippen molar-refractivity contribution < 1.29 is 9.90 Å². The molecule has 0 saturated carbocycles. The predicted octanol–water partition coefficient (Wildman–Crippen LogP) is 2.94. The summed E-state index contributed by atoms with van der Waals surface area (Å²) in [5, 5.41) is 9.11. The third-order valence-corrected chi connectivity index (χ3v) is 4.32. The Bertz CT molecular complexity index is 695. The number of rotatable bonds is 4. The quantitative estimate of drug-likeness (QED) is 0.939. The van der Waals surface area contributed by atoms with Gasteiger partial charge in [-0.15, -0.1) is 0 Å². The molecule has 0 radical (unpaired) electrons. The molecular weight excluding hydrogens is 292 g/mol. The van der Waals surface area contributed by atoms with Gasteiger partial charge < -0.3 is 14.6 Å². The molecule has 0 spiro atoms. The Morgan fingerprint density at radius 1 is 1.39 bits per heavy atom. The third-order valence-electron chi connectivity index (χ3n) is 4.32. The Morgan fingerprint density at radius 2 is 2.22 bits per heavy atom. The number of aromatic nitrogens is 3. The largest absolute Gasteiger partial charge is 0.477 e. The standard InChI is InChI=1S/C17H22N4O2/c1-12(2)21-10-8-18-16(21)13-5-4-9-20(11-13)15-7-3-6-14(19-15)17(22)23/h3,6-8,10,12-13H,4-5,9,11H2,1-2H3,(H,22,23)/t13-/m1/s1. The van der Waals surface area contributed by atoms with Gasteiger partial charge in [0.05, 0.1) is 0 Å². The first-order valence-electron chi connectivity index (χ1n) is 8.04. The fraction of sp³-hybridized carbons (Fsp3) is 0.471. The van der Waals surface area contributed by atoms with Gasteiger partial charge in [0.15, 0.2) is 5.69 Å². The first-order chi connectivity index (χ1) is 11.1. The van der Waals surface area contributed by atoms with E-state index in [9.17, 15) is 4.79 Å². The summed E-state index contributed by atoms with van der Waals surface area (Å²) in [4.78, 5) is 22.1. The van der Waals surface area contributed by atoms with Crippen molar-refractivity contribution in [3.05, 3.63) is 42.1 Å². The smallest absolute Gasteiger partial charge is 0.354 e. The normalized spacial score (nSPS) is 18.4. The van der Waals surface area contributed by atoms with Crippen LogP contribution in [0.25, 0.3) is 0 Å². The number of carboxylic acids is 1. The molecule has 0 aromatic carbocycles. The van der Waals surface area contributed by atoms with E-state index in [1.54, 1.807) is 6.07 Å². The van der Waals surface area contributed by atoms with E-state index in [1.807, 2.05) is 18.5 Å². The van der Waals surface area contributed by atoms with E-state index in [2.05, 4.69) is 33.3 Å². The van der Waals surface area contributed by atoms with E-state index in [0.29, 0.717) is 12.0 Å². The van der Waals surface area contributed by atoms with Crippen LogP contribution >= 0.6 is 0 Å². The van der Waals surface area contributed by atoms with Crippen molar-refractivity contribution in [2.24, 2.45) is 0 Å². The number of nitrogens with zero attached hydrogens (tertiary/aromatic N) is 4. The zero-order valence-electron chi connectivity index (χ0n) is 13.5. The molecule has 3 heterocycles. The minimum Gasteiger partial charge on any atom is -0.477 e. The van der Waals surface area contributed by atoms with Crippen molar-refractivity contribution in [1.29, 1.82) is 0 Å². The number of imidazole rings is 1. The lowest BCUT2D eigenvalue weighted by atomic mass is 9.97. The lowest BCUT2D eigenvalue weighted by Crippen LogP contribution is -2.36. The molecule has 122 valence electrons. The maximum absolute atomic E-state index is 11.1. The summed E-state index contributed by atoms with van der Waals surface area (Å²) in [6.45, 7) is 6.03. The molecule has 1 N–H and O–H groups in total. The topological polar surface area (TPSA) is 71.2 Å². The number of carboxylic acid groups (broad SMARTS) is 1. The SMILES string of the molecule is CC(C)n1ccnc1[C@@H]1CCCN(c2cccc(C(=O)O)n2)C1. The molecule has 1 atom stereocenters. The second-order valence-corrected chi connectivity index (χ2v) is 6.26. The molecule has 6 nitrogen and oxygen atoms in total. The molecule has 2 aromatic heterocycles. The predicted molar refractivity (Wildman–Crippen MR) is 88.0 cm³/mol. The number of piperidine rings is 1. The summed E-state index contributed by atoms with van der Waals surface area (Å²) >= 11 is 0. The Balaban J connectivity index is 1.82. The molecule has 3 rings (SSSR count). The van der Waals surface area contributed by atoms with Gasteiger partial charge in [-0.3, -0.25) is 0 Å². The van der Waals surface area contributed by atoms with Gasteiger partial charge >= 0.3 is 5.97 Å². The molecule has 2 aromatic rings. The molecule has 0 unspecified atom stereocenters. The van der Waals surface area contributed by atoms with Crippen molar-refractivity contribution >= 4 is 11.8 Å². The monoisotopic (exact) mass is 314 g/mol. The molecule has 0 amide bonds. The van der Waals surface area contributed by atoms with Crippen molar-refractivity contribution in [1.82, 2.24) is 14.5 Å². The average Bonchev–Trinajstić information content (AvgIpc) is 3.05. The fourth-order valence-electron chi connectivity index (χ4n) is 3.19. The van der Waals surface area contributed by atoms with Crippen LogP contribution in [0.4, 0.5) is 5.82 Å². The molecule has 6 heteroatoms. The highest BCUT2D eigenvalue weighted by molar-refractivity contribution is 5.85. The Labute approximate surface area is 135 Å². The van der Waals surface area contributed by atoms with Crippen molar-refractivity contribution in [2.45, 2.75) is 38.6 Å². The lowest BCUT2D eigenvalue weighted by molar-refractivity contribution is 0.0690. The maximum atomic E-state index is 11.1. The van der Waals surface area contributed by atoms with Crippen LogP contribution < -0.4 is 4.90 Å². The minimum atomic E-state index is -0.990. The van der Waals surface area contributed by atoms with Crippen LogP contribution in [0.15, 0.2) is 30.6 Å². The van der Waals surface area contributed by atoms with E-state index in [-0.39, 0.29) is 5.69 Å². The number of aromatic carboxylic acids is 1. The average molecular weight is 314 g/mol. The van der Waals surface area contributed by atoms with Crippen molar-refractivity contribution in [2.75, 3.05) is 18.0 Å². The van der Waals surface area contributed by atoms with Gasteiger partial charge in [-0.1, -0.05) is 6.07 Å². The van der Waals surface area contributed by atoms with Crippen LogP contribution in [-0.2, 0) is 0 Å².